The Morgan fingerprint density at radius 2 is 1.29 bits per heavy atom. The fraction of sp³-hybridized carbons (Fsp3) is 0.273. The molecule has 0 saturated heterocycles. The summed E-state index contributed by atoms with van der Waals surface area (Å²) in [5.41, 5.74) is 2.41. The van der Waals surface area contributed by atoms with E-state index >= 15 is 0 Å². The quantitative estimate of drug-likeness (QED) is 0.184. The highest BCUT2D eigenvalue weighted by molar-refractivity contribution is 6.96. The third kappa shape index (κ3) is 7.57. The first-order valence-corrected chi connectivity index (χ1v) is 15.7. The van der Waals surface area contributed by atoms with E-state index in [1.807, 2.05) is 50.2 Å². The SMILES string of the molecule is Cc1ccc(OCC(O)C(C)Oc2ccc(CCCO[Si](C)(c3ccccc3)c3ccccc3)cc2)cc1. The highest BCUT2D eigenvalue weighted by Crippen LogP contribution is 2.18. The van der Waals surface area contributed by atoms with Crippen LogP contribution in [0.5, 0.6) is 11.5 Å². The summed E-state index contributed by atoms with van der Waals surface area (Å²) in [6, 6.07) is 37.1. The summed E-state index contributed by atoms with van der Waals surface area (Å²) < 4.78 is 18.3. The molecular weight excluding hydrogens is 488 g/mol. The summed E-state index contributed by atoms with van der Waals surface area (Å²) in [5, 5.41) is 13.0. The van der Waals surface area contributed by atoms with Crippen molar-refractivity contribution in [2.24, 2.45) is 0 Å². The molecule has 0 aliphatic rings. The van der Waals surface area contributed by atoms with Gasteiger partial charge in [-0.15, -0.1) is 0 Å². The van der Waals surface area contributed by atoms with Gasteiger partial charge in [-0.25, -0.2) is 0 Å². The minimum absolute atomic E-state index is 0.177. The molecule has 2 unspecified atom stereocenters. The van der Waals surface area contributed by atoms with Crippen molar-refractivity contribution >= 4 is 18.7 Å². The van der Waals surface area contributed by atoms with E-state index in [4.69, 9.17) is 13.9 Å². The van der Waals surface area contributed by atoms with Gasteiger partial charge in [0.2, 0.25) is 0 Å². The van der Waals surface area contributed by atoms with E-state index in [1.54, 1.807) is 0 Å². The van der Waals surface area contributed by atoms with E-state index in [9.17, 15) is 5.11 Å². The molecular formula is C33H38O4Si. The molecule has 0 radical (unpaired) electrons. The van der Waals surface area contributed by atoms with Crippen LogP contribution < -0.4 is 19.8 Å². The lowest BCUT2D eigenvalue weighted by atomic mass is 10.1. The highest BCUT2D eigenvalue weighted by atomic mass is 28.4. The Kier molecular flexibility index (Phi) is 9.77. The first-order valence-electron chi connectivity index (χ1n) is 13.3. The maximum atomic E-state index is 10.5. The molecule has 4 rings (SSSR count). The highest BCUT2D eigenvalue weighted by Gasteiger charge is 2.33. The average Bonchev–Trinajstić information content (AvgIpc) is 2.96. The number of aryl methyl sites for hydroxylation is 2. The van der Waals surface area contributed by atoms with Gasteiger partial charge in [0.1, 0.15) is 30.3 Å². The van der Waals surface area contributed by atoms with Gasteiger partial charge in [-0.3, -0.25) is 0 Å². The van der Waals surface area contributed by atoms with Gasteiger partial charge in [-0.05, 0) is 73.4 Å². The predicted molar refractivity (Wildman–Crippen MR) is 157 cm³/mol. The molecule has 1 N–H and O–H groups in total. The van der Waals surface area contributed by atoms with Crippen LogP contribution in [0.2, 0.25) is 6.55 Å². The largest absolute Gasteiger partial charge is 0.491 e. The van der Waals surface area contributed by atoms with Crippen molar-refractivity contribution in [2.45, 2.75) is 45.4 Å². The van der Waals surface area contributed by atoms with E-state index in [-0.39, 0.29) is 6.61 Å². The number of aliphatic hydroxyl groups excluding tert-OH is 1. The zero-order chi connectivity index (χ0) is 26.8. The fourth-order valence-corrected chi connectivity index (χ4v) is 7.25. The molecule has 0 heterocycles. The van der Waals surface area contributed by atoms with Crippen LogP contribution in [-0.4, -0.2) is 38.8 Å². The van der Waals surface area contributed by atoms with Gasteiger partial charge < -0.3 is 19.0 Å². The number of rotatable bonds is 13. The molecule has 0 aliphatic carbocycles. The van der Waals surface area contributed by atoms with Gasteiger partial charge in [0.15, 0.2) is 0 Å². The van der Waals surface area contributed by atoms with Crippen molar-refractivity contribution < 1.29 is 19.0 Å². The van der Waals surface area contributed by atoms with Crippen LogP contribution in [-0.2, 0) is 10.8 Å². The normalized spacial score (nSPS) is 13.1. The Labute approximate surface area is 228 Å². The molecule has 198 valence electrons. The van der Waals surface area contributed by atoms with Crippen molar-refractivity contribution in [3.05, 3.63) is 120 Å². The zero-order valence-corrected chi connectivity index (χ0v) is 23.5. The molecule has 2 atom stereocenters. The topological polar surface area (TPSA) is 47.9 Å². The Hall–Kier alpha value is -3.38. The van der Waals surface area contributed by atoms with Gasteiger partial charge in [0, 0.05) is 6.61 Å². The average molecular weight is 527 g/mol. The Morgan fingerprint density at radius 1 is 0.737 bits per heavy atom. The Bertz CT molecular complexity index is 1190. The molecule has 0 aliphatic heterocycles. The second-order valence-electron chi connectivity index (χ2n) is 9.88. The van der Waals surface area contributed by atoms with Crippen LogP contribution >= 0.6 is 0 Å². The molecule has 4 aromatic carbocycles. The summed E-state index contributed by atoms with van der Waals surface area (Å²) in [5.74, 6) is 1.48. The van der Waals surface area contributed by atoms with Crippen molar-refractivity contribution in [3.63, 3.8) is 0 Å². The fourth-order valence-electron chi connectivity index (χ4n) is 4.38. The maximum absolute atomic E-state index is 10.5. The van der Waals surface area contributed by atoms with Crippen LogP contribution in [0.25, 0.3) is 0 Å². The third-order valence-electron chi connectivity index (χ3n) is 6.88. The second kappa shape index (κ2) is 13.4. The predicted octanol–water partition coefficient (Wildman–Crippen LogP) is 5.54. The van der Waals surface area contributed by atoms with Crippen molar-refractivity contribution in [1.29, 1.82) is 0 Å². The lowest BCUT2D eigenvalue weighted by Crippen LogP contribution is -2.58. The molecule has 0 amide bonds. The molecule has 5 heteroatoms. The van der Waals surface area contributed by atoms with Gasteiger partial charge >= 0.3 is 0 Å². The van der Waals surface area contributed by atoms with Gasteiger partial charge in [0.05, 0.1) is 0 Å². The van der Waals surface area contributed by atoms with Gasteiger partial charge in [-0.2, -0.15) is 0 Å². The number of hydrogen-bond acceptors (Lipinski definition) is 4. The molecule has 0 spiro atoms. The summed E-state index contributed by atoms with van der Waals surface area (Å²) in [6.45, 7) is 7.05. The van der Waals surface area contributed by atoms with E-state index in [2.05, 4.69) is 79.3 Å². The molecule has 0 fully saturated rings. The molecule has 4 nitrogen and oxygen atoms in total. The van der Waals surface area contributed by atoms with Crippen LogP contribution in [0.1, 0.15) is 24.5 Å². The first kappa shape index (κ1) is 27.6. The minimum Gasteiger partial charge on any atom is -0.491 e. The second-order valence-corrected chi connectivity index (χ2v) is 13.4. The monoisotopic (exact) mass is 526 g/mol. The summed E-state index contributed by atoms with van der Waals surface area (Å²) in [6.07, 6.45) is 0.740. The number of hydrogen-bond donors (Lipinski definition) is 1. The molecule has 0 bridgehead atoms. The van der Waals surface area contributed by atoms with Crippen LogP contribution in [0.15, 0.2) is 109 Å². The lowest BCUT2D eigenvalue weighted by Gasteiger charge is -2.28. The van der Waals surface area contributed by atoms with E-state index < -0.39 is 20.5 Å². The molecule has 0 aromatic heterocycles. The van der Waals surface area contributed by atoms with Gasteiger partial charge in [0.25, 0.3) is 8.32 Å². The van der Waals surface area contributed by atoms with Gasteiger partial charge in [-0.1, -0.05) is 90.5 Å². The molecule has 4 aromatic rings. The Morgan fingerprint density at radius 3 is 1.87 bits per heavy atom. The van der Waals surface area contributed by atoms with Crippen molar-refractivity contribution in [2.75, 3.05) is 13.2 Å². The zero-order valence-electron chi connectivity index (χ0n) is 22.5. The molecule has 38 heavy (non-hydrogen) atoms. The van der Waals surface area contributed by atoms with E-state index in [1.165, 1.54) is 21.5 Å². The lowest BCUT2D eigenvalue weighted by molar-refractivity contribution is 0.0152. The first-order chi connectivity index (χ1) is 18.4. The Balaban J connectivity index is 1.25. The van der Waals surface area contributed by atoms with Crippen molar-refractivity contribution in [3.8, 4) is 11.5 Å². The number of aliphatic hydroxyl groups is 1. The maximum Gasteiger partial charge on any atom is 0.252 e. The minimum atomic E-state index is -2.26. The van der Waals surface area contributed by atoms with Crippen LogP contribution in [0.3, 0.4) is 0 Å². The van der Waals surface area contributed by atoms with E-state index in [0.29, 0.717) is 6.61 Å². The van der Waals surface area contributed by atoms with Crippen molar-refractivity contribution in [1.82, 2.24) is 0 Å². The summed E-state index contributed by atoms with van der Waals surface area (Å²) in [4.78, 5) is 0. The third-order valence-corrected chi connectivity index (χ3v) is 10.5. The molecule has 0 saturated carbocycles. The summed E-state index contributed by atoms with van der Waals surface area (Å²) in [7, 11) is -2.26. The smallest absolute Gasteiger partial charge is 0.252 e. The summed E-state index contributed by atoms with van der Waals surface area (Å²) >= 11 is 0. The number of benzene rings is 4. The van der Waals surface area contributed by atoms with Crippen LogP contribution in [0, 0.1) is 6.92 Å². The number of ether oxygens (including phenoxy) is 2. The standard InChI is InChI=1S/C33H38O4Si/c1-26-16-20-29(21-17-26)35-25-33(34)27(2)37-30-22-18-28(19-23-30)11-10-24-36-38(3,31-12-6-4-7-13-31)32-14-8-5-9-15-32/h4-9,12-23,27,33-34H,10-11,24-25H2,1-3H3. The van der Waals surface area contributed by atoms with Crippen LogP contribution in [0.4, 0.5) is 0 Å². The van der Waals surface area contributed by atoms with E-state index in [0.717, 1.165) is 24.3 Å².